The number of rotatable bonds is 6. The van der Waals surface area contributed by atoms with Gasteiger partial charge in [-0.15, -0.1) is 0 Å². The number of nitrogens with zero attached hydrogens (tertiary/aromatic N) is 2. The number of aryl methyl sites for hydroxylation is 1. The van der Waals surface area contributed by atoms with Crippen LogP contribution in [0.25, 0.3) is 0 Å². The first-order valence-corrected chi connectivity index (χ1v) is 10.5. The minimum Gasteiger partial charge on any atom is -0.457 e. The summed E-state index contributed by atoms with van der Waals surface area (Å²) in [4.78, 5) is 15.9. The Morgan fingerprint density at radius 3 is 2.17 bits per heavy atom. The summed E-state index contributed by atoms with van der Waals surface area (Å²) in [5.41, 5.74) is 4.43. The molecule has 4 heteroatoms. The van der Waals surface area contributed by atoms with Crippen molar-refractivity contribution >= 4 is 12.0 Å². The van der Waals surface area contributed by atoms with Crippen LogP contribution in [0.1, 0.15) is 34.5 Å². The van der Waals surface area contributed by atoms with Gasteiger partial charge in [-0.2, -0.15) is 0 Å². The topological polar surface area (TPSA) is 32.8 Å². The highest BCUT2D eigenvalue weighted by Crippen LogP contribution is 2.28. The summed E-state index contributed by atoms with van der Waals surface area (Å²) >= 11 is 0. The Hall–Kier alpha value is -3.11. The zero-order valence-corrected chi connectivity index (χ0v) is 17.6. The third-order valence-electron chi connectivity index (χ3n) is 5.90. The summed E-state index contributed by atoms with van der Waals surface area (Å²) in [6.45, 7) is 8.35. The maximum atomic E-state index is 11.0. The molecule has 0 amide bonds. The second-order valence-corrected chi connectivity index (χ2v) is 7.85. The molecule has 3 aromatic carbocycles. The van der Waals surface area contributed by atoms with E-state index in [1.165, 1.54) is 11.3 Å². The zero-order chi connectivity index (χ0) is 20.9. The van der Waals surface area contributed by atoms with E-state index in [0.717, 1.165) is 55.1 Å². The standard InChI is InChI=1S/C26H28N2O2/c1-20-18-22(19-29)8-13-26(20)28-16-14-27(15-17-28)21(2)23-9-11-25(12-10-23)30-24-6-4-3-5-7-24/h3-13,18-19,21H,14-17H2,1-2H3/t21-/m1/s1. The molecule has 0 radical (unpaired) electrons. The number of benzene rings is 3. The van der Waals surface area contributed by atoms with Gasteiger partial charge in [0.2, 0.25) is 0 Å². The van der Waals surface area contributed by atoms with Crippen LogP contribution >= 0.6 is 0 Å². The van der Waals surface area contributed by atoms with Crippen molar-refractivity contribution in [3.05, 3.63) is 89.5 Å². The van der Waals surface area contributed by atoms with E-state index >= 15 is 0 Å². The lowest BCUT2D eigenvalue weighted by Gasteiger charge is -2.39. The van der Waals surface area contributed by atoms with Gasteiger partial charge >= 0.3 is 0 Å². The van der Waals surface area contributed by atoms with Gasteiger partial charge in [-0.05, 0) is 67.4 Å². The third-order valence-corrected chi connectivity index (χ3v) is 5.90. The van der Waals surface area contributed by atoms with Crippen molar-refractivity contribution in [3.8, 4) is 11.5 Å². The van der Waals surface area contributed by atoms with E-state index in [1.807, 2.05) is 54.6 Å². The summed E-state index contributed by atoms with van der Waals surface area (Å²) in [6.07, 6.45) is 0.909. The highest BCUT2D eigenvalue weighted by Gasteiger charge is 2.23. The number of hydrogen-bond acceptors (Lipinski definition) is 4. The molecule has 0 saturated carbocycles. The Morgan fingerprint density at radius 1 is 0.867 bits per heavy atom. The second kappa shape index (κ2) is 9.14. The molecule has 4 rings (SSSR count). The fraction of sp³-hybridized carbons (Fsp3) is 0.269. The van der Waals surface area contributed by atoms with E-state index in [-0.39, 0.29) is 0 Å². The predicted molar refractivity (Wildman–Crippen MR) is 122 cm³/mol. The van der Waals surface area contributed by atoms with Crippen molar-refractivity contribution < 1.29 is 9.53 Å². The van der Waals surface area contributed by atoms with Crippen molar-refractivity contribution in [2.45, 2.75) is 19.9 Å². The Balaban J connectivity index is 1.36. The molecular formula is C26H28N2O2. The molecule has 1 heterocycles. The lowest BCUT2D eigenvalue weighted by molar-refractivity contribution is 0.112. The number of hydrogen-bond donors (Lipinski definition) is 0. The van der Waals surface area contributed by atoms with Crippen molar-refractivity contribution in [2.24, 2.45) is 0 Å². The second-order valence-electron chi connectivity index (χ2n) is 7.85. The molecule has 30 heavy (non-hydrogen) atoms. The highest BCUT2D eigenvalue weighted by atomic mass is 16.5. The van der Waals surface area contributed by atoms with Crippen LogP contribution in [0.4, 0.5) is 5.69 Å². The van der Waals surface area contributed by atoms with Gasteiger partial charge in [-0.25, -0.2) is 0 Å². The molecule has 3 aromatic rings. The summed E-state index contributed by atoms with van der Waals surface area (Å²) < 4.78 is 5.91. The van der Waals surface area contributed by atoms with Gasteiger partial charge < -0.3 is 9.64 Å². The molecular weight excluding hydrogens is 372 g/mol. The van der Waals surface area contributed by atoms with E-state index in [9.17, 15) is 4.79 Å². The van der Waals surface area contributed by atoms with Gasteiger partial charge in [-0.3, -0.25) is 9.69 Å². The SMILES string of the molecule is Cc1cc(C=O)ccc1N1CCN([C@H](C)c2ccc(Oc3ccccc3)cc2)CC1. The predicted octanol–water partition coefficient (Wildman–Crippen LogP) is 5.48. The maximum absolute atomic E-state index is 11.0. The van der Waals surface area contributed by atoms with Gasteiger partial charge in [-0.1, -0.05) is 30.3 Å². The molecule has 0 bridgehead atoms. The van der Waals surface area contributed by atoms with Crippen molar-refractivity contribution in [1.82, 2.24) is 4.90 Å². The molecule has 0 N–H and O–H groups in total. The van der Waals surface area contributed by atoms with Gasteiger partial charge in [0.15, 0.2) is 0 Å². The quantitative estimate of drug-likeness (QED) is 0.513. The Kier molecular flexibility index (Phi) is 6.15. The summed E-state index contributed by atoms with van der Waals surface area (Å²) in [6, 6.07) is 24.6. The van der Waals surface area contributed by atoms with Crippen LogP contribution in [0.15, 0.2) is 72.8 Å². The van der Waals surface area contributed by atoms with Crippen LogP contribution in [-0.2, 0) is 0 Å². The average Bonchev–Trinajstić information content (AvgIpc) is 2.80. The van der Waals surface area contributed by atoms with Gasteiger partial charge in [0.1, 0.15) is 17.8 Å². The third kappa shape index (κ3) is 4.55. The van der Waals surface area contributed by atoms with E-state index in [0.29, 0.717) is 6.04 Å². The van der Waals surface area contributed by atoms with Crippen molar-refractivity contribution in [3.63, 3.8) is 0 Å². The molecule has 0 aliphatic carbocycles. The average molecular weight is 401 g/mol. The van der Waals surface area contributed by atoms with Crippen LogP contribution in [0.5, 0.6) is 11.5 Å². The summed E-state index contributed by atoms with van der Waals surface area (Å²) in [5.74, 6) is 1.71. The summed E-state index contributed by atoms with van der Waals surface area (Å²) in [5, 5.41) is 0. The van der Waals surface area contributed by atoms with E-state index < -0.39 is 0 Å². The number of carbonyl (C=O) groups excluding carboxylic acids is 1. The first-order valence-electron chi connectivity index (χ1n) is 10.5. The van der Waals surface area contributed by atoms with Gasteiger partial charge in [0.25, 0.3) is 0 Å². The van der Waals surface area contributed by atoms with E-state index in [4.69, 9.17) is 4.74 Å². The smallest absolute Gasteiger partial charge is 0.150 e. The molecule has 1 aliphatic rings. The Morgan fingerprint density at radius 2 is 1.53 bits per heavy atom. The maximum Gasteiger partial charge on any atom is 0.150 e. The zero-order valence-electron chi connectivity index (χ0n) is 17.6. The molecule has 0 spiro atoms. The van der Waals surface area contributed by atoms with Gasteiger partial charge in [0.05, 0.1) is 0 Å². The lowest BCUT2D eigenvalue weighted by atomic mass is 10.0. The highest BCUT2D eigenvalue weighted by molar-refractivity contribution is 5.77. The number of anilines is 1. The van der Waals surface area contributed by atoms with Crippen LogP contribution in [0.2, 0.25) is 0 Å². The van der Waals surface area contributed by atoms with Crippen molar-refractivity contribution in [2.75, 3.05) is 31.1 Å². The van der Waals surface area contributed by atoms with Crippen LogP contribution in [-0.4, -0.2) is 37.4 Å². The molecule has 1 atom stereocenters. The minimum absolute atomic E-state index is 0.358. The van der Waals surface area contributed by atoms with Crippen LogP contribution in [0, 0.1) is 6.92 Å². The number of aldehydes is 1. The molecule has 4 nitrogen and oxygen atoms in total. The largest absolute Gasteiger partial charge is 0.457 e. The molecule has 1 saturated heterocycles. The Labute approximate surface area is 178 Å². The lowest BCUT2D eigenvalue weighted by Crippen LogP contribution is -2.47. The number of ether oxygens (including phenoxy) is 1. The van der Waals surface area contributed by atoms with E-state index in [2.05, 4.69) is 41.8 Å². The van der Waals surface area contributed by atoms with Gasteiger partial charge in [0, 0.05) is 43.5 Å². The van der Waals surface area contributed by atoms with E-state index in [1.54, 1.807) is 0 Å². The molecule has 0 aromatic heterocycles. The first-order chi connectivity index (χ1) is 14.6. The normalized spacial score (nSPS) is 15.6. The summed E-state index contributed by atoms with van der Waals surface area (Å²) in [7, 11) is 0. The minimum atomic E-state index is 0.358. The number of carbonyl (C=O) groups is 1. The van der Waals surface area contributed by atoms with Crippen molar-refractivity contribution in [1.29, 1.82) is 0 Å². The molecule has 0 unspecified atom stereocenters. The molecule has 1 aliphatic heterocycles. The molecule has 1 fully saturated rings. The molecule has 154 valence electrons. The van der Waals surface area contributed by atoms with Crippen LogP contribution in [0.3, 0.4) is 0 Å². The Bertz CT molecular complexity index is 978. The number of para-hydroxylation sites is 1. The monoisotopic (exact) mass is 400 g/mol. The van der Waals surface area contributed by atoms with Crippen LogP contribution < -0.4 is 9.64 Å². The number of piperazine rings is 1. The fourth-order valence-corrected chi connectivity index (χ4v) is 4.11. The first kappa shape index (κ1) is 20.2. The fourth-order valence-electron chi connectivity index (χ4n) is 4.11.